The molecular formula is C17H20N6O. The molecule has 0 bridgehead atoms. The highest BCUT2D eigenvalue weighted by Crippen LogP contribution is 2.30. The van der Waals surface area contributed by atoms with Crippen molar-refractivity contribution in [2.75, 3.05) is 0 Å². The summed E-state index contributed by atoms with van der Waals surface area (Å²) in [5.41, 5.74) is 3.65. The number of rotatable bonds is 4. The van der Waals surface area contributed by atoms with Gasteiger partial charge in [-0.2, -0.15) is 5.10 Å². The van der Waals surface area contributed by atoms with Crippen LogP contribution in [0.25, 0.3) is 5.78 Å². The highest BCUT2D eigenvalue weighted by atomic mass is 16.2. The average molecular weight is 324 g/mol. The van der Waals surface area contributed by atoms with Crippen molar-refractivity contribution in [2.24, 2.45) is 7.05 Å². The van der Waals surface area contributed by atoms with Gasteiger partial charge in [-0.25, -0.2) is 9.97 Å². The fraction of sp³-hybridized carbons (Fsp3) is 0.412. The van der Waals surface area contributed by atoms with Crippen LogP contribution in [0.2, 0.25) is 0 Å². The molecule has 7 nitrogen and oxygen atoms in total. The lowest BCUT2D eigenvalue weighted by Gasteiger charge is -2.21. The van der Waals surface area contributed by atoms with Crippen LogP contribution >= 0.6 is 0 Å². The zero-order chi connectivity index (χ0) is 16.8. The van der Waals surface area contributed by atoms with Crippen molar-refractivity contribution in [1.29, 1.82) is 0 Å². The smallest absolute Gasteiger partial charge is 0.274 e. The Morgan fingerprint density at radius 1 is 1.38 bits per heavy atom. The maximum atomic E-state index is 13.0. The van der Waals surface area contributed by atoms with E-state index in [9.17, 15) is 4.79 Å². The molecule has 3 aromatic heterocycles. The highest BCUT2D eigenvalue weighted by molar-refractivity contribution is 5.93. The number of aryl methyl sites for hydroxylation is 2. The molecule has 4 rings (SSSR count). The third-order valence-electron chi connectivity index (χ3n) is 4.69. The van der Waals surface area contributed by atoms with Crippen LogP contribution in [-0.2, 0) is 13.6 Å². The van der Waals surface area contributed by atoms with Gasteiger partial charge in [-0.3, -0.25) is 13.9 Å². The molecule has 24 heavy (non-hydrogen) atoms. The summed E-state index contributed by atoms with van der Waals surface area (Å²) in [5, 5.41) is 4.46. The summed E-state index contributed by atoms with van der Waals surface area (Å²) in [6.07, 6.45) is 7.38. The van der Waals surface area contributed by atoms with Crippen molar-refractivity contribution in [2.45, 2.75) is 39.3 Å². The minimum atomic E-state index is -0.0364. The lowest BCUT2D eigenvalue weighted by Crippen LogP contribution is -2.33. The molecule has 0 radical (unpaired) electrons. The zero-order valence-corrected chi connectivity index (χ0v) is 14.1. The molecule has 0 aromatic carbocycles. The van der Waals surface area contributed by atoms with E-state index in [1.165, 1.54) is 0 Å². The van der Waals surface area contributed by atoms with E-state index in [4.69, 9.17) is 0 Å². The lowest BCUT2D eigenvalue weighted by atomic mass is 10.1. The molecule has 3 heterocycles. The van der Waals surface area contributed by atoms with Crippen LogP contribution < -0.4 is 0 Å². The van der Waals surface area contributed by atoms with E-state index in [0.29, 0.717) is 24.1 Å². The Hall–Kier alpha value is -2.70. The number of imidazole rings is 1. The summed E-state index contributed by atoms with van der Waals surface area (Å²) in [7, 11) is 1.93. The van der Waals surface area contributed by atoms with Crippen molar-refractivity contribution in [3.8, 4) is 0 Å². The third-order valence-corrected chi connectivity index (χ3v) is 4.69. The van der Waals surface area contributed by atoms with Crippen LogP contribution in [-0.4, -0.2) is 41.0 Å². The van der Waals surface area contributed by atoms with Gasteiger partial charge in [0.25, 0.3) is 5.91 Å². The molecule has 7 heteroatoms. The van der Waals surface area contributed by atoms with Gasteiger partial charge in [-0.1, -0.05) is 0 Å². The number of nitrogens with zero attached hydrogens (tertiary/aromatic N) is 6. The first-order valence-electron chi connectivity index (χ1n) is 8.14. The normalized spacial score (nSPS) is 14.3. The molecule has 1 aliphatic rings. The molecule has 1 amide bonds. The van der Waals surface area contributed by atoms with Gasteiger partial charge < -0.3 is 4.90 Å². The largest absolute Gasteiger partial charge is 0.330 e. The van der Waals surface area contributed by atoms with Crippen molar-refractivity contribution < 1.29 is 4.79 Å². The number of carbonyl (C=O) groups excluding carboxylic acids is 1. The SMILES string of the molecule is Cc1nn(C)c(C)c1CN(C(=O)c1cn2cccnc2n1)C1CC1. The zero-order valence-electron chi connectivity index (χ0n) is 14.1. The van der Waals surface area contributed by atoms with Gasteiger partial charge in [0.05, 0.1) is 5.69 Å². The maximum absolute atomic E-state index is 13.0. The monoisotopic (exact) mass is 324 g/mol. The number of hydrogen-bond donors (Lipinski definition) is 0. The summed E-state index contributed by atoms with van der Waals surface area (Å²) >= 11 is 0. The second kappa shape index (κ2) is 5.43. The van der Waals surface area contributed by atoms with Gasteiger partial charge in [-0.15, -0.1) is 0 Å². The number of fused-ring (bicyclic) bond motifs is 1. The molecule has 1 fully saturated rings. The average Bonchev–Trinajstić information content (AvgIpc) is 3.26. The fourth-order valence-electron chi connectivity index (χ4n) is 3.05. The summed E-state index contributed by atoms with van der Waals surface area (Å²) in [6, 6.07) is 2.12. The Morgan fingerprint density at radius 2 is 2.17 bits per heavy atom. The van der Waals surface area contributed by atoms with E-state index >= 15 is 0 Å². The first kappa shape index (κ1) is 14.9. The second-order valence-corrected chi connectivity index (χ2v) is 6.39. The van der Waals surface area contributed by atoms with Gasteiger partial charge in [-0.05, 0) is 32.8 Å². The van der Waals surface area contributed by atoms with Gasteiger partial charge in [0.2, 0.25) is 5.78 Å². The number of carbonyl (C=O) groups is 1. The quantitative estimate of drug-likeness (QED) is 0.735. The Balaban J connectivity index is 1.66. The van der Waals surface area contributed by atoms with Crippen molar-refractivity contribution in [3.63, 3.8) is 0 Å². The predicted molar refractivity (Wildman–Crippen MR) is 88.6 cm³/mol. The van der Waals surface area contributed by atoms with Crippen molar-refractivity contribution in [3.05, 3.63) is 47.3 Å². The number of hydrogen-bond acceptors (Lipinski definition) is 4. The van der Waals surface area contributed by atoms with E-state index in [-0.39, 0.29) is 5.91 Å². The Labute approximate surface area is 139 Å². The van der Waals surface area contributed by atoms with Gasteiger partial charge in [0.1, 0.15) is 5.69 Å². The Bertz CT molecular complexity index is 887. The molecule has 3 aromatic rings. The van der Waals surface area contributed by atoms with Crippen LogP contribution in [0.15, 0.2) is 24.7 Å². The standard InChI is InChI=1S/C17H20N6O/c1-11-14(12(2)21(3)20-11)9-23(13-5-6-13)16(24)15-10-22-8-4-7-18-17(22)19-15/h4,7-8,10,13H,5-6,9H2,1-3H3. The van der Waals surface area contributed by atoms with Crippen molar-refractivity contribution in [1.82, 2.24) is 29.0 Å². The lowest BCUT2D eigenvalue weighted by molar-refractivity contribution is 0.0724. The summed E-state index contributed by atoms with van der Waals surface area (Å²) in [4.78, 5) is 23.5. The van der Waals surface area contributed by atoms with Gasteiger partial charge in [0.15, 0.2) is 0 Å². The van der Waals surface area contributed by atoms with Gasteiger partial charge in [0, 0.05) is 49.5 Å². The number of amides is 1. The first-order chi connectivity index (χ1) is 11.5. The molecule has 1 aliphatic carbocycles. The van der Waals surface area contributed by atoms with E-state index in [0.717, 1.165) is 29.8 Å². The van der Waals surface area contributed by atoms with Crippen LogP contribution in [0.5, 0.6) is 0 Å². The van der Waals surface area contributed by atoms with E-state index in [2.05, 4.69) is 15.1 Å². The topological polar surface area (TPSA) is 68.3 Å². The van der Waals surface area contributed by atoms with Gasteiger partial charge >= 0.3 is 0 Å². The summed E-state index contributed by atoms with van der Waals surface area (Å²) in [6.45, 7) is 4.61. The van der Waals surface area contributed by atoms with Crippen LogP contribution in [0.1, 0.15) is 40.3 Å². The summed E-state index contributed by atoms with van der Waals surface area (Å²) < 4.78 is 3.65. The van der Waals surface area contributed by atoms with E-state index < -0.39 is 0 Å². The maximum Gasteiger partial charge on any atom is 0.274 e. The summed E-state index contributed by atoms with van der Waals surface area (Å²) in [5.74, 6) is 0.510. The molecule has 0 spiro atoms. The fourth-order valence-corrected chi connectivity index (χ4v) is 3.05. The molecule has 0 saturated heterocycles. The van der Waals surface area contributed by atoms with E-state index in [1.54, 1.807) is 16.8 Å². The molecular weight excluding hydrogens is 304 g/mol. The molecule has 1 saturated carbocycles. The van der Waals surface area contributed by atoms with Crippen LogP contribution in [0.3, 0.4) is 0 Å². The minimum Gasteiger partial charge on any atom is -0.330 e. The molecule has 0 aliphatic heterocycles. The molecule has 0 N–H and O–H groups in total. The minimum absolute atomic E-state index is 0.0364. The second-order valence-electron chi connectivity index (χ2n) is 6.39. The molecule has 124 valence electrons. The Morgan fingerprint density at radius 3 is 2.79 bits per heavy atom. The van der Waals surface area contributed by atoms with Crippen LogP contribution in [0.4, 0.5) is 0 Å². The van der Waals surface area contributed by atoms with E-state index in [1.807, 2.05) is 42.7 Å². The number of aromatic nitrogens is 5. The van der Waals surface area contributed by atoms with Crippen LogP contribution in [0, 0.1) is 13.8 Å². The molecule has 0 atom stereocenters. The molecule has 0 unspecified atom stereocenters. The first-order valence-corrected chi connectivity index (χ1v) is 8.14. The predicted octanol–water partition coefficient (Wildman–Crippen LogP) is 1.88. The van der Waals surface area contributed by atoms with Crippen molar-refractivity contribution >= 4 is 11.7 Å². The Kier molecular flexibility index (Phi) is 3.37. The highest BCUT2D eigenvalue weighted by Gasteiger charge is 2.35. The third kappa shape index (κ3) is 2.46.